The second-order valence-electron chi connectivity index (χ2n) is 6.37. The van der Waals surface area contributed by atoms with Crippen LogP contribution in [0.1, 0.15) is 25.0 Å². The predicted octanol–water partition coefficient (Wildman–Crippen LogP) is 6.00. The molecule has 1 heterocycles. The number of aromatic nitrogens is 1. The summed E-state index contributed by atoms with van der Waals surface area (Å²) < 4.78 is 34.0. The van der Waals surface area contributed by atoms with Gasteiger partial charge in [-0.05, 0) is 29.9 Å². The van der Waals surface area contributed by atoms with Crippen LogP contribution in [0, 0.1) is 28.9 Å². The van der Waals surface area contributed by atoms with Crippen molar-refractivity contribution in [1.29, 1.82) is 5.26 Å². The van der Waals surface area contributed by atoms with Gasteiger partial charge < -0.3 is 9.72 Å². The molecule has 3 rings (SSSR count). The van der Waals surface area contributed by atoms with Crippen molar-refractivity contribution in [2.75, 3.05) is 5.75 Å². The molecule has 134 valence electrons. The van der Waals surface area contributed by atoms with Crippen LogP contribution in [0.5, 0.6) is 11.5 Å². The number of benzene rings is 2. The average molecular weight is 372 g/mol. The maximum atomic E-state index is 14.7. The van der Waals surface area contributed by atoms with Crippen LogP contribution >= 0.6 is 11.8 Å². The van der Waals surface area contributed by atoms with Crippen LogP contribution in [0.15, 0.2) is 36.5 Å². The minimum absolute atomic E-state index is 0.115. The fourth-order valence-electron chi connectivity index (χ4n) is 2.65. The molecule has 0 unspecified atom stereocenters. The standard InChI is InChI=1S/C20H18F2N2OS/c1-12(2)10-26-11-16-15-5-6-24-19(15)8-18(22)20(16)25-14-3-4-17(21)13(7-14)9-23/h3-8,12,24H,10-11H2,1-2H3. The maximum Gasteiger partial charge on any atom is 0.168 e. The predicted molar refractivity (Wildman–Crippen MR) is 100 cm³/mol. The van der Waals surface area contributed by atoms with E-state index in [1.54, 1.807) is 24.0 Å². The third-order valence-corrected chi connectivity index (χ3v) is 5.24. The van der Waals surface area contributed by atoms with E-state index in [4.69, 9.17) is 10.00 Å². The lowest BCUT2D eigenvalue weighted by Crippen LogP contribution is -1.98. The Morgan fingerprint density at radius 3 is 2.73 bits per heavy atom. The molecule has 1 N–H and O–H groups in total. The summed E-state index contributed by atoms with van der Waals surface area (Å²) in [5.41, 5.74) is 1.31. The summed E-state index contributed by atoms with van der Waals surface area (Å²) >= 11 is 1.70. The highest BCUT2D eigenvalue weighted by Gasteiger charge is 2.17. The molecule has 6 heteroatoms. The quantitative estimate of drug-likeness (QED) is 0.577. The van der Waals surface area contributed by atoms with Crippen molar-refractivity contribution in [1.82, 2.24) is 4.98 Å². The lowest BCUT2D eigenvalue weighted by Gasteiger charge is -2.14. The van der Waals surface area contributed by atoms with Crippen molar-refractivity contribution in [2.24, 2.45) is 5.92 Å². The Morgan fingerprint density at radius 1 is 1.19 bits per heavy atom. The number of nitriles is 1. The van der Waals surface area contributed by atoms with Gasteiger partial charge >= 0.3 is 0 Å². The molecular weight excluding hydrogens is 354 g/mol. The molecule has 0 fully saturated rings. The number of H-pyrrole nitrogens is 1. The highest BCUT2D eigenvalue weighted by molar-refractivity contribution is 7.98. The summed E-state index contributed by atoms with van der Waals surface area (Å²) in [4.78, 5) is 3.02. The zero-order chi connectivity index (χ0) is 18.7. The second kappa shape index (κ2) is 7.79. The topological polar surface area (TPSA) is 48.8 Å². The second-order valence-corrected chi connectivity index (χ2v) is 7.40. The van der Waals surface area contributed by atoms with E-state index in [2.05, 4.69) is 18.8 Å². The molecule has 0 amide bonds. The summed E-state index contributed by atoms with van der Waals surface area (Å²) in [6, 6.07) is 8.85. The van der Waals surface area contributed by atoms with Gasteiger partial charge in [0.1, 0.15) is 17.6 Å². The zero-order valence-electron chi connectivity index (χ0n) is 14.5. The van der Waals surface area contributed by atoms with Gasteiger partial charge in [0.25, 0.3) is 0 Å². The summed E-state index contributed by atoms with van der Waals surface area (Å²) in [6.45, 7) is 4.26. The first kappa shape index (κ1) is 18.3. The third-order valence-electron chi connectivity index (χ3n) is 3.84. The van der Waals surface area contributed by atoms with Crippen LogP contribution in [0.3, 0.4) is 0 Å². The number of fused-ring (bicyclic) bond motifs is 1. The van der Waals surface area contributed by atoms with Gasteiger partial charge in [-0.1, -0.05) is 13.8 Å². The Kier molecular flexibility index (Phi) is 5.48. The molecule has 3 nitrogen and oxygen atoms in total. The fraction of sp³-hybridized carbons (Fsp3) is 0.250. The van der Waals surface area contributed by atoms with Crippen molar-refractivity contribution in [3.8, 4) is 17.6 Å². The first-order valence-corrected chi connectivity index (χ1v) is 9.38. The molecule has 0 aliphatic carbocycles. The number of ether oxygens (including phenoxy) is 1. The molecule has 0 saturated heterocycles. The SMILES string of the molecule is CC(C)CSCc1c(Oc2ccc(F)c(C#N)c2)c(F)cc2[nH]ccc12. The minimum atomic E-state index is -0.630. The molecule has 0 atom stereocenters. The van der Waals surface area contributed by atoms with Gasteiger partial charge in [-0.15, -0.1) is 0 Å². The van der Waals surface area contributed by atoms with E-state index in [0.717, 1.165) is 22.8 Å². The Morgan fingerprint density at radius 2 is 2.00 bits per heavy atom. The van der Waals surface area contributed by atoms with E-state index in [9.17, 15) is 8.78 Å². The largest absolute Gasteiger partial charge is 0.454 e. The molecule has 2 aromatic carbocycles. The van der Waals surface area contributed by atoms with Crippen molar-refractivity contribution in [3.05, 3.63) is 59.3 Å². The first-order valence-electron chi connectivity index (χ1n) is 8.23. The van der Waals surface area contributed by atoms with Gasteiger partial charge in [-0.3, -0.25) is 0 Å². The maximum absolute atomic E-state index is 14.7. The molecule has 0 saturated carbocycles. The fourth-order valence-corrected chi connectivity index (χ4v) is 3.73. The molecule has 0 bridgehead atoms. The van der Waals surface area contributed by atoms with Crippen LogP contribution in [0.2, 0.25) is 0 Å². The monoisotopic (exact) mass is 372 g/mol. The van der Waals surface area contributed by atoms with Gasteiger partial charge in [0.2, 0.25) is 0 Å². The van der Waals surface area contributed by atoms with Crippen molar-refractivity contribution >= 4 is 22.7 Å². The summed E-state index contributed by atoms with van der Waals surface area (Å²) in [5.74, 6) is 1.27. The molecule has 0 aliphatic rings. The molecular formula is C20H18F2N2OS. The smallest absolute Gasteiger partial charge is 0.168 e. The summed E-state index contributed by atoms with van der Waals surface area (Å²) in [6.07, 6.45) is 1.76. The lowest BCUT2D eigenvalue weighted by molar-refractivity contribution is 0.438. The molecule has 26 heavy (non-hydrogen) atoms. The molecule has 3 aromatic rings. The molecule has 0 aliphatic heterocycles. The number of halogens is 2. The van der Waals surface area contributed by atoms with Crippen LogP contribution in [0.4, 0.5) is 8.78 Å². The number of hydrogen-bond acceptors (Lipinski definition) is 3. The normalized spacial score (nSPS) is 11.1. The number of rotatable bonds is 6. The van der Waals surface area contributed by atoms with Gasteiger partial charge in [0.15, 0.2) is 11.6 Å². The number of hydrogen-bond donors (Lipinski definition) is 1. The van der Waals surface area contributed by atoms with Crippen LogP contribution in [-0.4, -0.2) is 10.7 Å². The van der Waals surface area contributed by atoms with Gasteiger partial charge in [-0.2, -0.15) is 17.0 Å². The number of aromatic amines is 1. The number of nitrogens with zero attached hydrogens (tertiary/aromatic N) is 1. The van der Waals surface area contributed by atoms with E-state index in [-0.39, 0.29) is 17.1 Å². The van der Waals surface area contributed by atoms with Crippen LogP contribution in [0.25, 0.3) is 10.9 Å². The van der Waals surface area contributed by atoms with E-state index in [1.165, 1.54) is 18.2 Å². The van der Waals surface area contributed by atoms with Gasteiger partial charge in [0, 0.05) is 40.5 Å². The van der Waals surface area contributed by atoms with E-state index in [0.29, 0.717) is 17.2 Å². The Hall–Kier alpha value is -2.52. The molecule has 0 radical (unpaired) electrons. The Bertz CT molecular complexity index is 976. The van der Waals surface area contributed by atoms with E-state index < -0.39 is 11.6 Å². The van der Waals surface area contributed by atoms with Gasteiger partial charge in [0.05, 0.1) is 5.56 Å². The van der Waals surface area contributed by atoms with Crippen molar-refractivity contribution in [3.63, 3.8) is 0 Å². The summed E-state index contributed by atoms with van der Waals surface area (Å²) in [7, 11) is 0. The Labute approximate surface area is 155 Å². The first-order chi connectivity index (χ1) is 12.5. The van der Waals surface area contributed by atoms with Gasteiger partial charge in [-0.25, -0.2) is 8.78 Å². The zero-order valence-corrected chi connectivity index (χ0v) is 15.3. The van der Waals surface area contributed by atoms with Crippen LogP contribution in [-0.2, 0) is 5.75 Å². The van der Waals surface area contributed by atoms with Crippen molar-refractivity contribution < 1.29 is 13.5 Å². The molecule has 1 aromatic heterocycles. The highest BCUT2D eigenvalue weighted by atomic mass is 32.2. The molecule has 0 spiro atoms. The lowest BCUT2D eigenvalue weighted by atomic mass is 10.1. The number of thioether (sulfide) groups is 1. The van der Waals surface area contributed by atoms with Crippen LogP contribution < -0.4 is 4.74 Å². The average Bonchev–Trinajstić information content (AvgIpc) is 3.06. The Balaban J connectivity index is 2.01. The third kappa shape index (κ3) is 3.83. The van der Waals surface area contributed by atoms with E-state index in [1.807, 2.05) is 6.07 Å². The van der Waals surface area contributed by atoms with E-state index >= 15 is 0 Å². The van der Waals surface area contributed by atoms with Crippen molar-refractivity contribution in [2.45, 2.75) is 19.6 Å². The minimum Gasteiger partial charge on any atom is -0.454 e. The highest BCUT2D eigenvalue weighted by Crippen LogP contribution is 2.37. The number of nitrogens with one attached hydrogen (secondary N) is 1. The summed E-state index contributed by atoms with van der Waals surface area (Å²) in [5, 5.41) is 9.86.